The van der Waals surface area contributed by atoms with Gasteiger partial charge in [0.2, 0.25) is 0 Å². The minimum Gasteiger partial charge on any atom is -0.496 e. The van der Waals surface area contributed by atoms with Gasteiger partial charge in [-0.1, -0.05) is 23.8 Å². The molecule has 0 saturated heterocycles. The molecule has 0 fully saturated rings. The average Bonchev–Trinajstić information content (AvgIpc) is 2.58. The standard InChI is InChI=1S/C22H26N2O/c1-15-7-9-18(10-8-15)23-14-17-11-19-16(2)13-22(3,4)24(5)20(19)12-21(17)25-6/h7-14H,1-6H3. The Morgan fingerprint density at radius 3 is 2.40 bits per heavy atom. The quantitative estimate of drug-likeness (QED) is 0.703. The molecule has 0 radical (unpaired) electrons. The highest BCUT2D eigenvalue weighted by atomic mass is 16.5. The number of rotatable bonds is 3. The van der Waals surface area contributed by atoms with E-state index in [9.17, 15) is 0 Å². The van der Waals surface area contributed by atoms with Crippen molar-refractivity contribution in [2.75, 3.05) is 19.1 Å². The highest BCUT2D eigenvalue weighted by molar-refractivity contribution is 5.91. The molecular formula is C22H26N2O. The summed E-state index contributed by atoms with van der Waals surface area (Å²) in [7, 11) is 3.84. The second-order valence-corrected chi connectivity index (χ2v) is 7.25. The van der Waals surface area contributed by atoms with Crippen LogP contribution in [0.4, 0.5) is 11.4 Å². The Morgan fingerprint density at radius 1 is 1.08 bits per heavy atom. The van der Waals surface area contributed by atoms with Crippen LogP contribution >= 0.6 is 0 Å². The number of hydrogen-bond donors (Lipinski definition) is 0. The topological polar surface area (TPSA) is 24.8 Å². The Labute approximate surface area is 150 Å². The minimum atomic E-state index is -0.0143. The maximum Gasteiger partial charge on any atom is 0.129 e. The van der Waals surface area contributed by atoms with Crippen molar-refractivity contribution in [2.24, 2.45) is 4.99 Å². The molecule has 0 spiro atoms. The zero-order valence-corrected chi connectivity index (χ0v) is 15.9. The number of aliphatic imine (C=N–C) groups is 1. The molecule has 2 aromatic carbocycles. The molecule has 3 nitrogen and oxygen atoms in total. The van der Waals surface area contributed by atoms with Crippen molar-refractivity contribution >= 4 is 23.2 Å². The fourth-order valence-electron chi connectivity index (χ4n) is 3.25. The number of allylic oxidation sites excluding steroid dienone is 1. The number of likely N-dealkylation sites (N-methyl/N-ethyl adjacent to an activating group) is 1. The predicted octanol–water partition coefficient (Wildman–Crippen LogP) is 5.39. The summed E-state index contributed by atoms with van der Waals surface area (Å²) >= 11 is 0. The number of anilines is 1. The Bertz CT molecular complexity index is 845. The second-order valence-electron chi connectivity index (χ2n) is 7.25. The third kappa shape index (κ3) is 3.32. The lowest BCUT2D eigenvalue weighted by Crippen LogP contribution is -2.42. The Hall–Kier alpha value is -2.55. The number of fused-ring (bicyclic) bond motifs is 1. The van der Waals surface area contributed by atoms with Crippen molar-refractivity contribution in [2.45, 2.75) is 33.2 Å². The first kappa shape index (κ1) is 17.3. The van der Waals surface area contributed by atoms with E-state index >= 15 is 0 Å². The molecule has 0 aromatic heterocycles. The number of benzene rings is 2. The first-order valence-corrected chi connectivity index (χ1v) is 8.58. The van der Waals surface area contributed by atoms with E-state index in [1.807, 2.05) is 18.3 Å². The van der Waals surface area contributed by atoms with Crippen LogP contribution in [0, 0.1) is 6.92 Å². The molecule has 1 aliphatic heterocycles. The van der Waals surface area contributed by atoms with E-state index in [0.29, 0.717) is 0 Å². The smallest absolute Gasteiger partial charge is 0.129 e. The number of nitrogens with zero attached hydrogens (tertiary/aromatic N) is 2. The molecule has 3 rings (SSSR count). The molecule has 0 N–H and O–H groups in total. The third-order valence-corrected chi connectivity index (χ3v) is 4.96. The molecule has 25 heavy (non-hydrogen) atoms. The fraction of sp³-hybridized carbons (Fsp3) is 0.318. The summed E-state index contributed by atoms with van der Waals surface area (Å²) in [6.45, 7) is 8.69. The van der Waals surface area contributed by atoms with E-state index in [4.69, 9.17) is 4.74 Å². The van der Waals surface area contributed by atoms with Crippen LogP contribution in [0.25, 0.3) is 5.57 Å². The van der Waals surface area contributed by atoms with Crippen LogP contribution in [-0.4, -0.2) is 25.9 Å². The van der Waals surface area contributed by atoms with Crippen molar-refractivity contribution in [1.29, 1.82) is 0 Å². The van der Waals surface area contributed by atoms with Gasteiger partial charge in [-0.15, -0.1) is 0 Å². The zero-order chi connectivity index (χ0) is 18.2. The summed E-state index contributed by atoms with van der Waals surface area (Å²) in [4.78, 5) is 6.90. The first-order valence-electron chi connectivity index (χ1n) is 8.58. The number of ether oxygens (including phenoxy) is 1. The van der Waals surface area contributed by atoms with Crippen LogP contribution in [0.2, 0.25) is 0 Å². The van der Waals surface area contributed by atoms with Crippen LogP contribution in [0.3, 0.4) is 0 Å². The van der Waals surface area contributed by atoms with Gasteiger partial charge in [-0.05, 0) is 51.5 Å². The van der Waals surface area contributed by atoms with Gasteiger partial charge in [0.15, 0.2) is 0 Å². The molecule has 0 atom stereocenters. The largest absolute Gasteiger partial charge is 0.496 e. The SMILES string of the molecule is COc1cc2c(cc1C=Nc1ccc(C)cc1)C(C)=CC(C)(C)N2C. The molecule has 0 unspecified atom stereocenters. The molecule has 3 heteroatoms. The summed E-state index contributed by atoms with van der Waals surface area (Å²) in [5.74, 6) is 0.840. The highest BCUT2D eigenvalue weighted by Gasteiger charge is 2.29. The normalized spacial score (nSPS) is 15.9. The summed E-state index contributed by atoms with van der Waals surface area (Å²) in [5, 5.41) is 0. The predicted molar refractivity (Wildman–Crippen MR) is 108 cm³/mol. The van der Waals surface area contributed by atoms with E-state index in [2.05, 4.69) is 75.0 Å². The van der Waals surface area contributed by atoms with Gasteiger partial charge in [-0.25, -0.2) is 0 Å². The van der Waals surface area contributed by atoms with Crippen LogP contribution in [0.5, 0.6) is 5.75 Å². The monoisotopic (exact) mass is 334 g/mol. The summed E-state index contributed by atoms with van der Waals surface area (Å²) in [5.41, 5.74) is 6.85. The number of hydrogen-bond acceptors (Lipinski definition) is 3. The van der Waals surface area contributed by atoms with Crippen LogP contribution < -0.4 is 9.64 Å². The van der Waals surface area contributed by atoms with E-state index in [0.717, 1.165) is 17.0 Å². The van der Waals surface area contributed by atoms with E-state index in [1.165, 1.54) is 22.4 Å². The van der Waals surface area contributed by atoms with Gasteiger partial charge in [-0.3, -0.25) is 4.99 Å². The molecule has 1 heterocycles. The summed E-state index contributed by atoms with van der Waals surface area (Å²) in [6, 6.07) is 12.5. The minimum absolute atomic E-state index is 0.0143. The molecule has 130 valence electrons. The van der Waals surface area contributed by atoms with E-state index in [1.54, 1.807) is 7.11 Å². The van der Waals surface area contributed by atoms with Crippen LogP contribution in [0.1, 0.15) is 37.5 Å². The van der Waals surface area contributed by atoms with Crippen molar-refractivity contribution in [3.8, 4) is 5.75 Å². The lowest BCUT2D eigenvalue weighted by Gasteiger charge is -2.40. The van der Waals surface area contributed by atoms with Crippen molar-refractivity contribution < 1.29 is 4.74 Å². The van der Waals surface area contributed by atoms with Crippen molar-refractivity contribution in [1.82, 2.24) is 0 Å². The van der Waals surface area contributed by atoms with E-state index in [-0.39, 0.29) is 5.54 Å². The maximum absolute atomic E-state index is 5.63. The number of methoxy groups -OCH3 is 1. The fourth-order valence-corrected chi connectivity index (χ4v) is 3.25. The summed E-state index contributed by atoms with van der Waals surface area (Å²) in [6.07, 6.45) is 4.19. The Morgan fingerprint density at radius 2 is 1.76 bits per heavy atom. The number of aryl methyl sites for hydroxylation is 1. The molecule has 0 amide bonds. The Kier molecular flexibility index (Phi) is 4.42. The van der Waals surface area contributed by atoms with Gasteiger partial charge in [0, 0.05) is 36.1 Å². The van der Waals surface area contributed by atoms with E-state index < -0.39 is 0 Å². The van der Waals surface area contributed by atoms with Crippen LogP contribution in [-0.2, 0) is 0 Å². The lowest BCUT2D eigenvalue weighted by molar-refractivity contribution is 0.414. The van der Waals surface area contributed by atoms with Gasteiger partial charge < -0.3 is 9.64 Å². The van der Waals surface area contributed by atoms with Gasteiger partial charge in [0.25, 0.3) is 0 Å². The van der Waals surface area contributed by atoms with Gasteiger partial charge in [-0.2, -0.15) is 0 Å². The maximum atomic E-state index is 5.63. The average molecular weight is 334 g/mol. The Balaban J connectivity index is 2.04. The second kappa shape index (κ2) is 6.40. The zero-order valence-electron chi connectivity index (χ0n) is 15.9. The highest BCUT2D eigenvalue weighted by Crippen LogP contribution is 2.40. The lowest BCUT2D eigenvalue weighted by atomic mass is 9.88. The molecule has 2 aromatic rings. The molecule has 0 bridgehead atoms. The van der Waals surface area contributed by atoms with Gasteiger partial charge >= 0.3 is 0 Å². The van der Waals surface area contributed by atoms with Crippen LogP contribution in [0.15, 0.2) is 47.5 Å². The molecule has 0 aliphatic carbocycles. The van der Waals surface area contributed by atoms with Gasteiger partial charge in [0.05, 0.1) is 18.3 Å². The molecule has 1 aliphatic rings. The van der Waals surface area contributed by atoms with Gasteiger partial charge in [0.1, 0.15) is 5.75 Å². The van der Waals surface area contributed by atoms with Crippen molar-refractivity contribution in [3.05, 3.63) is 59.2 Å². The van der Waals surface area contributed by atoms with Crippen molar-refractivity contribution in [3.63, 3.8) is 0 Å². The molecular weight excluding hydrogens is 308 g/mol. The third-order valence-electron chi connectivity index (χ3n) is 4.96. The first-order chi connectivity index (χ1) is 11.8. The molecule has 0 saturated carbocycles. The summed E-state index contributed by atoms with van der Waals surface area (Å²) < 4.78 is 5.63.